The number of nitrogens with zero attached hydrogens (tertiary/aromatic N) is 2. The Morgan fingerprint density at radius 3 is 2.58 bits per heavy atom. The molecule has 2 aromatic heterocycles. The van der Waals surface area contributed by atoms with Crippen molar-refractivity contribution in [3.05, 3.63) is 39.8 Å². The molecular formula is C15H16Cl2N4O2S. The van der Waals surface area contributed by atoms with Crippen LogP contribution in [0.15, 0.2) is 23.2 Å². The lowest BCUT2D eigenvalue weighted by Crippen LogP contribution is -2.16. The maximum absolute atomic E-state index is 12.1. The molecule has 0 aliphatic heterocycles. The van der Waals surface area contributed by atoms with E-state index in [-0.39, 0.29) is 27.5 Å². The number of nitrogens with one attached hydrogen (secondary N) is 1. The second kappa shape index (κ2) is 7.46. The third-order valence-corrected chi connectivity index (χ3v) is 4.87. The highest BCUT2D eigenvalue weighted by atomic mass is 35.5. The van der Waals surface area contributed by atoms with E-state index in [1.165, 1.54) is 6.07 Å². The third-order valence-electron chi connectivity index (χ3n) is 3.24. The number of nitrogens with two attached hydrogens (primary N) is 1. The molecule has 0 aromatic carbocycles. The number of halogens is 2. The maximum atomic E-state index is 12.1. The van der Waals surface area contributed by atoms with Gasteiger partial charge < -0.3 is 11.1 Å². The largest absolute Gasteiger partial charge is 0.365 e. The molecule has 2 heterocycles. The van der Waals surface area contributed by atoms with Crippen molar-refractivity contribution in [3.63, 3.8) is 0 Å². The fourth-order valence-corrected chi connectivity index (χ4v) is 3.12. The second-order valence-corrected chi connectivity index (χ2v) is 7.44. The second-order valence-electron chi connectivity index (χ2n) is 5.32. The van der Waals surface area contributed by atoms with Gasteiger partial charge in [0.05, 0.1) is 37.7 Å². The van der Waals surface area contributed by atoms with Crippen molar-refractivity contribution in [2.24, 2.45) is 5.73 Å². The molecule has 0 saturated carbocycles. The van der Waals surface area contributed by atoms with Crippen LogP contribution in [0, 0.1) is 0 Å². The Labute approximate surface area is 152 Å². The number of primary amides is 1. The number of pyridine rings is 2. The zero-order valence-corrected chi connectivity index (χ0v) is 15.6. The van der Waals surface area contributed by atoms with Gasteiger partial charge >= 0.3 is 0 Å². The molecule has 1 atom stereocenters. The van der Waals surface area contributed by atoms with Gasteiger partial charge in [0.2, 0.25) is 0 Å². The van der Waals surface area contributed by atoms with Gasteiger partial charge in [-0.1, -0.05) is 37.0 Å². The molecule has 0 fully saturated rings. The summed E-state index contributed by atoms with van der Waals surface area (Å²) in [6.45, 7) is 3.90. The van der Waals surface area contributed by atoms with Gasteiger partial charge in [-0.05, 0) is 18.1 Å². The smallest absolute Gasteiger partial charge is 0.252 e. The zero-order chi connectivity index (χ0) is 18.0. The predicted molar refractivity (Wildman–Crippen MR) is 96.7 cm³/mol. The van der Waals surface area contributed by atoms with Crippen LogP contribution < -0.4 is 11.1 Å². The summed E-state index contributed by atoms with van der Waals surface area (Å²) < 4.78 is 12.1. The van der Waals surface area contributed by atoms with E-state index in [0.717, 1.165) is 0 Å². The van der Waals surface area contributed by atoms with E-state index >= 15 is 0 Å². The van der Waals surface area contributed by atoms with Crippen LogP contribution in [-0.4, -0.2) is 26.3 Å². The Kier molecular flexibility index (Phi) is 5.79. The van der Waals surface area contributed by atoms with Crippen LogP contribution in [0.3, 0.4) is 0 Å². The first-order valence-electron chi connectivity index (χ1n) is 6.97. The summed E-state index contributed by atoms with van der Waals surface area (Å²) >= 11 is 11.9. The fraction of sp³-hybridized carbons (Fsp3) is 0.267. The van der Waals surface area contributed by atoms with E-state index in [1.54, 1.807) is 18.5 Å². The number of anilines is 2. The average molecular weight is 387 g/mol. The average Bonchev–Trinajstić information content (AvgIpc) is 2.50. The minimum absolute atomic E-state index is 0.0262. The van der Waals surface area contributed by atoms with Crippen molar-refractivity contribution in [3.8, 4) is 0 Å². The van der Waals surface area contributed by atoms with Crippen LogP contribution >= 0.6 is 23.2 Å². The van der Waals surface area contributed by atoms with Gasteiger partial charge in [0, 0.05) is 12.5 Å². The highest BCUT2D eigenvalue weighted by Crippen LogP contribution is 2.33. The molecule has 128 valence electrons. The molecule has 0 aliphatic carbocycles. The van der Waals surface area contributed by atoms with E-state index in [2.05, 4.69) is 15.3 Å². The lowest BCUT2D eigenvalue weighted by atomic mass is 10.1. The Hall–Kier alpha value is -1.70. The molecule has 24 heavy (non-hydrogen) atoms. The molecule has 6 nitrogen and oxygen atoms in total. The van der Waals surface area contributed by atoms with E-state index in [4.69, 9.17) is 28.9 Å². The van der Waals surface area contributed by atoms with Crippen molar-refractivity contribution in [1.29, 1.82) is 0 Å². The molecule has 9 heteroatoms. The first-order chi connectivity index (χ1) is 11.2. The Bertz CT molecular complexity index is 827. The molecule has 2 aromatic rings. The summed E-state index contributed by atoms with van der Waals surface area (Å²) in [4.78, 5) is 20.6. The van der Waals surface area contributed by atoms with Crippen LogP contribution in [0.25, 0.3) is 0 Å². The van der Waals surface area contributed by atoms with Crippen molar-refractivity contribution >= 4 is 51.4 Å². The molecule has 2 rings (SSSR count). The monoisotopic (exact) mass is 386 g/mol. The first kappa shape index (κ1) is 18.6. The lowest BCUT2D eigenvalue weighted by Gasteiger charge is -2.17. The number of hydrogen-bond donors (Lipinski definition) is 2. The number of carbonyl (C=O) groups excluding carboxylic acids is 1. The zero-order valence-electron chi connectivity index (χ0n) is 13.3. The molecule has 0 spiro atoms. The predicted octanol–water partition coefficient (Wildman–Crippen LogP) is 3.49. The lowest BCUT2D eigenvalue weighted by molar-refractivity contribution is 0.100. The Morgan fingerprint density at radius 2 is 2.04 bits per heavy atom. The van der Waals surface area contributed by atoms with Crippen LogP contribution in [0.4, 0.5) is 11.5 Å². The highest BCUT2D eigenvalue weighted by molar-refractivity contribution is 7.84. The van der Waals surface area contributed by atoms with E-state index in [1.807, 2.05) is 13.8 Å². The normalized spacial score (nSPS) is 12.2. The molecule has 1 amide bonds. The number of aromatic nitrogens is 2. The van der Waals surface area contributed by atoms with E-state index in [0.29, 0.717) is 16.3 Å². The topological polar surface area (TPSA) is 98.0 Å². The van der Waals surface area contributed by atoms with Gasteiger partial charge in [-0.2, -0.15) is 0 Å². The summed E-state index contributed by atoms with van der Waals surface area (Å²) in [7, 11) is -1.27. The Balaban J connectivity index is 2.66. The number of hydrogen-bond acceptors (Lipinski definition) is 5. The van der Waals surface area contributed by atoms with Gasteiger partial charge in [-0.15, -0.1) is 0 Å². The standard InChI is InChI=1S/C15H16Cl2N4O2S/c1-7(2)11-12(10(24(3)23)4-5-19-11)20-15-8(14(18)22)6-9(16)13(17)21-15/h4-7H,1-3H3,(H2,18,22)(H,20,21). The van der Waals surface area contributed by atoms with Crippen molar-refractivity contribution in [2.75, 3.05) is 11.6 Å². The summed E-state index contributed by atoms with van der Waals surface area (Å²) in [5.41, 5.74) is 6.67. The van der Waals surface area contributed by atoms with Crippen LogP contribution in [0.5, 0.6) is 0 Å². The minimum atomic E-state index is -1.27. The summed E-state index contributed by atoms with van der Waals surface area (Å²) in [5.74, 6) is -0.521. The minimum Gasteiger partial charge on any atom is -0.365 e. The van der Waals surface area contributed by atoms with Crippen LogP contribution in [0.1, 0.15) is 35.8 Å². The fourth-order valence-electron chi connectivity index (χ4n) is 2.13. The molecule has 0 radical (unpaired) electrons. The van der Waals surface area contributed by atoms with Crippen LogP contribution in [0.2, 0.25) is 10.2 Å². The third kappa shape index (κ3) is 3.85. The van der Waals surface area contributed by atoms with Gasteiger partial charge in [0.1, 0.15) is 11.0 Å². The number of carbonyl (C=O) groups is 1. The molecular weight excluding hydrogens is 371 g/mol. The quantitative estimate of drug-likeness (QED) is 0.766. The van der Waals surface area contributed by atoms with Crippen molar-refractivity contribution < 1.29 is 9.00 Å². The molecule has 3 N–H and O–H groups in total. The van der Waals surface area contributed by atoms with Crippen LogP contribution in [-0.2, 0) is 10.8 Å². The SMILES string of the molecule is CC(C)c1nccc(S(C)=O)c1Nc1nc(Cl)c(Cl)cc1C(N)=O. The molecule has 0 saturated heterocycles. The number of rotatable bonds is 5. The molecule has 1 unspecified atom stereocenters. The van der Waals surface area contributed by atoms with E-state index < -0.39 is 16.7 Å². The maximum Gasteiger partial charge on any atom is 0.252 e. The van der Waals surface area contributed by atoms with Gasteiger partial charge in [0.15, 0.2) is 0 Å². The van der Waals surface area contributed by atoms with E-state index in [9.17, 15) is 9.00 Å². The van der Waals surface area contributed by atoms with Crippen molar-refractivity contribution in [1.82, 2.24) is 9.97 Å². The summed E-state index contributed by atoms with van der Waals surface area (Å²) in [6, 6.07) is 2.99. The van der Waals surface area contributed by atoms with Gasteiger partial charge in [-0.25, -0.2) is 4.98 Å². The van der Waals surface area contributed by atoms with Crippen molar-refractivity contribution in [2.45, 2.75) is 24.7 Å². The first-order valence-corrected chi connectivity index (χ1v) is 9.29. The molecule has 0 aliphatic rings. The number of amides is 1. The highest BCUT2D eigenvalue weighted by Gasteiger charge is 2.20. The summed E-state index contributed by atoms with van der Waals surface area (Å²) in [5, 5.41) is 3.15. The summed E-state index contributed by atoms with van der Waals surface area (Å²) in [6.07, 6.45) is 3.15. The van der Waals surface area contributed by atoms with Gasteiger partial charge in [-0.3, -0.25) is 14.0 Å². The molecule has 0 bridgehead atoms. The Morgan fingerprint density at radius 1 is 1.38 bits per heavy atom. The van der Waals surface area contributed by atoms with Gasteiger partial charge in [0.25, 0.3) is 5.91 Å².